The van der Waals surface area contributed by atoms with Crippen LogP contribution in [0.25, 0.3) is 0 Å². The fourth-order valence-corrected chi connectivity index (χ4v) is 3.23. The van der Waals surface area contributed by atoms with Gasteiger partial charge in [0.25, 0.3) is 5.91 Å². The van der Waals surface area contributed by atoms with Crippen LogP contribution in [0, 0.1) is 5.82 Å². The Labute approximate surface area is 162 Å². The topological polar surface area (TPSA) is 52.7 Å². The van der Waals surface area contributed by atoms with Gasteiger partial charge in [-0.05, 0) is 29.8 Å². The van der Waals surface area contributed by atoms with E-state index in [1.54, 1.807) is 35.2 Å². The van der Waals surface area contributed by atoms with E-state index in [0.29, 0.717) is 43.3 Å². The largest absolute Gasteiger partial charge is 0.343 e. The molecule has 0 bridgehead atoms. The third kappa shape index (κ3) is 5.28. The number of hydrogen-bond acceptors (Lipinski definition) is 3. The lowest BCUT2D eigenvalue weighted by atomic mass is 10.2. The zero-order valence-corrected chi connectivity index (χ0v) is 15.6. The quantitative estimate of drug-likeness (QED) is 0.855. The highest BCUT2D eigenvalue weighted by molar-refractivity contribution is 6.31. The molecule has 0 atom stereocenters. The van der Waals surface area contributed by atoms with E-state index in [1.807, 2.05) is 6.07 Å². The average molecular weight is 390 g/mol. The molecule has 1 N–H and O–H groups in total. The summed E-state index contributed by atoms with van der Waals surface area (Å²) in [6, 6.07) is 13.2. The van der Waals surface area contributed by atoms with E-state index in [4.69, 9.17) is 11.6 Å². The first-order valence-electron chi connectivity index (χ1n) is 8.80. The van der Waals surface area contributed by atoms with Crippen LogP contribution in [0.15, 0.2) is 48.5 Å². The van der Waals surface area contributed by atoms with Gasteiger partial charge in [0.2, 0.25) is 5.91 Å². The lowest BCUT2D eigenvalue weighted by Gasteiger charge is -2.35. The van der Waals surface area contributed by atoms with Crippen LogP contribution in [-0.4, -0.2) is 54.3 Å². The summed E-state index contributed by atoms with van der Waals surface area (Å²) in [5.41, 5.74) is 1.40. The highest BCUT2D eigenvalue weighted by Crippen LogP contribution is 2.19. The fraction of sp³-hybridized carbons (Fsp3) is 0.300. The lowest BCUT2D eigenvalue weighted by Crippen LogP contribution is -2.50. The van der Waals surface area contributed by atoms with Gasteiger partial charge in [-0.25, -0.2) is 4.39 Å². The minimum atomic E-state index is -0.350. The number of amides is 2. The molecule has 3 rings (SSSR count). The molecule has 1 heterocycles. The molecule has 1 aliphatic heterocycles. The zero-order valence-electron chi connectivity index (χ0n) is 14.8. The van der Waals surface area contributed by atoms with Crippen molar-refractivity contribution in [3.63, 3.8) is 0 Å². The summed E-state index contributed by atoms with van der Waals surface area (Å²) in [7, 11) is 0. The maximum absolute atomic E-state index is 13.1. The summed E-state index contributed by atoms with van der Waals surface area (Å²) in [5, 5.41) is 3.08. The Morgan fingerprint density at radius 1 is 1.04 bits per heavy atom. The molecular formula is C20H21ClFN3O2. The van der Waals surface area contributed by atoms with Crippen LogP contribution >= 0.6 is 11.6 Å². The van der Waals surface area contributed by atoms with Crippen molar-refractivity contribution < 1.29 is 14.0 Å². The van der Waals surface area contributed by atoms with Gasteiger partial charge in [0, 0.05) is 43.3 Å². The van der Waals surface area contributed by atoms with E-state index in [0.717, 1.165) is 5.56 Å². The smallest absolute Gasteiger partial charge is 0.251 e. The maximum Gasteiger partial charge on any atom is 0.251 e. The standard InChI is InChI=1S/C20H21ClFN3O2/c21-18-12-17(22)7-6-16(18)14-24-8-10-25(11-9-24)19(26)13-23-20(27)15-4-2-1-3-5-15/h1-7,12H,8-11,13-14H2,(H,23,27). The molecule has 2 amide bonds. The first kappa shape index (κ1) is 19.3. The molecular weight excluding hydrogens is 369 g/mol. The monoisotopic (exact) mass is 389 g/mol. The van der Waals surface area contributed by atoms with Gasteiger partial charge in [-0.1, -0.05) is 35.9 Å². The van der Waals surface area contributed by atoms with E-state index in [2.05, 4.69) is 10.2 Å². The summed E-state index contributed by atoms with van der Waals surface area (Å²) < 4.78 is 13.1. The van der Waals surface area contributed by atoms with Crippen molar-refractivity contribution in [2.45, 2.75) is 6.54 Å². The molecule has 1 saturated heterocycles. The van der Waals surface area contributed by atoms with Crippen LogP contribution in [0.4, 0.5) is 4.39 Å². The molecule has 142 valence electrons. The van der Waals surface area contributed by atoms with Crippen molar-refractivity contribution in [1.29, 1.82) is 0 Å². The van der Waals surface area contributed by atoms with E-state index >= 15 is 0 Å². The summed E-state index contributed by atoms with van der Waals surface area (Å²) in [6.07, 6.45) is 0. The third-order valence-corrected chi connectivity index (χ3v) is 4.92. The summed E-state index contributed by atoms with van der Waals surface area (Å²) in [5.74, 6) is -0.705. The molecule has 7 heteroatoms. The van der Waals surface area contributed by atoms with Gasteiger partial charge in [0.1, 0.15) is 5.82 Å². The number of nitrogens with zero attached hydrogens (tertiary/aromatic N) is 2. The fourth-order valence-electron chi connectivity index (χ4n) is 3.01. The number of rotatable bonds is 5. The normalized spacial score (nSPS) is 14.8. The number of hydrogen-bond donors (Lipinski definition) is 1. The molecule has 2 aromatic rings. The predicted octanol–water partition coefficient (Wildman–Crippen LogP) is 2.55. The van der Waals surface area contributed by atoms with Gasteiger partial charge in [-0.3, -0.25) is 14.5 Å². The number of nitrogens with one attached hydrogen (secondary N) is 1. The van der Waals surface area contributed by atoms with Crippen LogP contribution in [-0.2, 0) is 11.3 Å². The highest BCUT2D eigenvalue weighted by atomic mass is 35.5. The minimum absolute atomic E-state index is 0.0164. The Bertz CT molecular complexity index is 808. The second-order valence-electron chi connectivity index (χ2n) is 6.44. The molecule has 0 aliphatic carbocycles. The van der Waals surface area contributed by atoms with Gasteiger partial charge in [-0.2, -0.15) is 0 Å². The van der Waals surface area contributed by atoms with Crippen LogP contribution in [0.1, 0.15) is 15.9 Å². The number of halogens is 2. The molecule has 5 nitrogen and oxygen atoms in total. The Morgan fingerprint density at radius 3 is 2.41 bits per heavy atom. The second-order valence-corrected chi connectivity index (χ2v) is 6.85. The maximum atomic E-state index is 13.1. The Kier molecular flexibility index (Phi) is 6.42. The number of carbonyl (C=O) groups is 2. The van der Waals surface area contributed by atoms with Gasteiger partial charge >= 0.3 is 0 Å². The Hall–Kier alpha value is -2.44. The molecule has 0 unspecified atom stereocenters. The molecule has 0 radical (unpaired) electrons. The highest BCUT2D eigenvalue weighted by Gasteiger charge is 2.22. The first-order chi connectivity index (χ1) is 13.0. The molecule has 1 fully saturated rings. The molecule has 0 saturated carbocycles. The van der Waals surface area contributed by atoms with Gasteiger partial charge in [0.15, 0.2) is 0 Å². The predicted molar refractivity (Wildman–Crippen MR) is 102 cm³/mol. The van der Waals surface area contributed by atoms with Gasteiger partial charge in [-0.15, -0.1) is 0 Å². The number of carbonyl (C=O) groups excluding carboxylic acids is 2. The van der Waals surface area contributed by atoms with Crippen molar-refractivity contribution in [2.75, 3.05) is 32.7 Å². The molecule has 27 heavy (non-hydrogen) atoms. The van der Waals surface area contributed by atoms with Crippen LogP contribution in [0.5, 0.6) is 0 Å². The van der Waals surface area contributed by atoms with Crippen molar-refractivity contribution in [3.8, 4) is 0 Å². The van der Waals surface area contributed by atoms with E-state index < -0.39 is 0 Å². The zero-order chi connectivity index (χ0) is 19.2. The summed E-state index contributed by atoms with van der Waals surface area (Å²) >= 11 is 6.08. The Balaban J connectivity index is 1.44. The van der Waals surface area contributed by atoms with Gasteiger partial charge < -0.3 is 10.2 Å². The van der Waals surface area contributed by atoms with Crippen LogP contribution < -0.4 is 5.32 Å². The van der Waals surface area contributed by atoms with Crippen molar-refractivity contribution in [1.82, 2.24) is 15.1 Å². The van der Waals surface area contributed by atoms with Crippen molar-refractivity contribution in [3.05, 3.63) is 70.5 Å². The Morgan fingerprint density at radius 2 is 1.74 bits per heavy atom. The summed E-state index contributed by atoms with van der Waals surface area (Å²) in [6.45, 7) is 3.17. The van der Waals surface area contributed by atoms with E-state index in [9.17, 15) is 14.0 Å². The lowest BCUT2D eigenvalue weighted by molar-refractivity contribution is -0.131. The SMILES string of the molecule is O=C(NCC(=O)N1CCN(Cc2ccc(F)cc2Cl)CC1)c1ccccc1. The summed E-state index contributed by atoms with van der Waals surface area (Å²) in [4.78, 5) is 28.3. The van der Waals surface area contributed by atoms with Crippen molar-refractivity contribution in [2.24, 2.45) is 0 Å². The number of benzene rings is 2. The second kappa shape index (κ2) is 8.97. The average Bonchev–Trinajstić information content (AvgIpc) is 2.69. The molecule has 0 aromatic heterocycles. The molecule has 0 spiro atoms. The van der Waals surface area contributed by atoms with E-state index in [-0.39, 0.29) is 24.2 Å². The first-order valence-corrected chi connectivity index (χ1v) is 9.18. The molecule has 2 aromatic carbocycles. The van der Waals surface area contributed by atoms with Crippen molar-refractivity contribution >= 4 is 23.4 Å². The minimum Gasteiger partial charge on any atom is -0.343 e. The van der Waals surface area contributed by atoms with E-state index in [1.165, 1.54) is 12.1 Å². The van der Waals surface area contributed by atoms with Crippen LogP contribution in [0.2, 0.25) is 5.02 Å². The third-order valence-electron chi connectivity index (χ3n) is 4.57. The number of piperazine rings is 1. The van der Waals surface area contributed by atoms with Gasteiger partial charge in [0.05, 0.1) is 6.54 Å². The molecule has 1 aliphatic rings. The van der Waals surface area contributed by atoms with Crippen LogP contribution in [0.3, 0.4) is 0 Å².